The Morgan fingerprint density at radius 1 is 0.966 bits per heavy atom. The quantitative estimate of drug-likeness (QED) is 0.815. The van der Waals surface area contributed by atoms with E-state index in [1.54, 1.807) is 7.11 Å². The molecule has 2 aromatic rings. The molecular weight excluding hydrogens is 362 g/mol. The van der Waals surface area contributed by atoms with E-state index < -0.39 is 5.41 Å². The number of nitrogens with two attached hydrogens (primary N) is 1. The molecule has 29 heavy (non-hydrogen) atoms. The maximum Gasteiger partial charge on any atom is 0.229 e. The number of primary amides is 1. The molecule has 1 fully saturated rings. The molecule has 0 radical (unpaired) electrons. The van der Waals surface area contributed by atoms with E-state index in [1.807, 2.05) is 48.5 Å². The smallest absolute Gasteiger partial charge is 0.229 e. The fraction of sp³-hybridized carbons (Fsp3) is 0.458. The summed E-state index contributed by atoms with van der Waals surface area (Å²) in [5, 5.41) is 0. The summed E-state index contributed by atoms with van der Waals surface area (Å²) in [6.45, 7) is 10.4. The van der Waals surface area contributed by atoms with E-state index >= 15 is 0 Å². The Labute approximate surface area is 174 Å². The zero-order valence-electron chi connectivity index (χ0n) is 18.0. The van der Waals surface area contributed by atoms with E-state index in [9.17, 15) is 4.79 Å². The van der Waals surface area contributed by atoms with Gasteiger partial charge in [0.2, 0.25) is 5.91 Å². The van der Waals surface area contributed by atoms with Crippen molar-refractivity contribution in [2.75, 3.05) is 44.7 Å². The number of methoxy groups -OCH3 is 1. The number of benzene rings is 2. The Balaban J connectivity index is 1.81. The van der Waals surface area contributed by atoms with E-state index in [1.165, 1.54) is 0 Å². The second-order valence-corrected chi connectivity index (χ2v) is 8.82. The van der Waals surface area contributed by atoms with Crippen LogP contribution in [-0.4, -0.2) is 50.6 Å². The van der Waals surface area contributed by atoms with Crippen LogP contribution in [0.3, 0.4) is 0 Å². The summed E-state index contributed by atoms with van der Waals surface area (Å²) >= 11 is 0. The van der Waals surface area contributed by atoms with Crippen molar-refractivity contribution in [3.05, 3.63) is 60.2 Å². The van der Waals surface area contributed by atoms with Crippen molar-refractivity contribution >= 4 is 11.6 Å². The number of para-hydroxylation sites is 2. The minimum absolute atomic E-state index is 0.261. The van der Waals surface area contributed by atoms with Crippen LogP contribution in [0.1, 0.15) is 26.3 Å². The number of nitrogens with zero attached hydrogens (tertiary/aromatic N) is 2. The van der Waals surface area contributed by atoms with Crippen LogP contribution in [0.4, 0.5) is 5.69 Å². The average molecular weight is 396 g/mol. The van der Waals surface area contributed by atoms with Crippen molar-refractivity contribution in [2.24, 2.45) is 11.1 Å². The number of rotatable bonds is 6. The lowest BCUT2D eigenvalue weighted by Crippen LogP contribution is -2.60. The molecule has 1 atom stereocenters. The van der Waals surface area contributed by atoms with E-state index in [0.717, 1.165) is 43.2 Å². The first kappa shape index (κ1) is 21.2. The van der Waals surface area contributed by atoms with Crippen LogP contribution >= 0.6 is 0 Å². The topological polar surface area (TPSA) is 58.8 Å². The summed E-state index contributed by atoms with van der Waals surface area (Å²) in [4.78, 5) is 17.6. The first-order valence-corrected chi connectivity index (χ1v) is 10.3. The molecule has 0 aliphatic carbocycles. The van der Waals surface area contributed by atoms with Gasteiger partial charge in [-0.05, 0) is 23.1 Å². The number of hydrogen-bond acceptors (Lipinski definition) is 4. The summed E-state index contributed by atoms with van der Waals surface area (Å²) in [6, 6.07) is 18.1. The molecule has 0 spiro atoms. The predicted octanol–water partition coefficient (Wildman–Crippen LogP) is 3.29. The third kappa shape index (κ3) is 4.10. The van der Waals surface area contributed by atoms with Crippen molar-refractivity contribution in [1.29, 1.82) is 0 Å². The molecule has 5 heteroatoms. The van der Waals surface area contributed by atoms with E-state index in [-0.39, 0.29) is 11.3 Å². The van der Waals surface area contributed by atoms with Crippen LogP contribution < -0.4 is 15.4 Å². The molecule has 1 aliphatic rings. The van der Waals surface area contributed by atoms with Crippen LogP contribution in [0.15, 0.2) is 54.6 Å². The molecule has 1 unspecified atom stereocenters. The maximum absolute atomic E-state index is 12.9. The van der Waals surface area contributed by atoms with Crippen LogP contribution in [-0.2, 0) is 10.2 Å². The first-order chi connectivity index (χ1) is 13.8. The fourth-order valence-corrected chi connectivity index (χ4v) is 4.45. The van der Waals surface area contributed by atoms with Gasteiger partial charge in [-0.1, -0.05) is 63.2 Å². The van der Waals surface area contributed by atoms with Crippen LogP contribution in [0, 0.1) is 5.41 Å². The normalized spacial score (nSPS) is 17.6. The molecule has 0 saturated carbocycles. The fourth-order valence-electron chi connectivity index (χ4n) is 4.45. The molecular formula is C24H33N3O2. The van der Waals surface area contributed by atoms with Crippen molar-refractivity contribution in [2.45, 2.75) is 26.2 Å². The van der Waals surface area contributed by atoms with Gasteiger partial charge in [0.1, 0.15) is 5.75 Å². The molecule has 1 aliphatic heterocycles. The Morgan fingerprint density at radius 3 is 2.10 bits per heavy atom. The number of amides is 1. The first-order valence-electron chi connectivity index (χ1n) is 10.3. The molecule has 1 heterocycles. The lowest BCUT2D eigenvalue weighted by molar-refractivity contribution is -0.128. The Bertz CT molecular complexity index is 824. The third-order valence-electron chi connectivity index (χ3n) is 6.23. The van der Waals surface area contributed by atoms with Gasteiger partial charge < -0.3 is 15.4 Å². The van der Waals surface area contributed by atoms with Gasteiger partial charge in [-0.3, -0.25) is 9.69 Å². The van der Waals surface area contributed by atoms with Gasteiger partial charge in [0.05, 0.1) is 18.2 Å². The molecule has 2 aromatic carbocycles. The van der Waals surface area contributed by atoms with Gasteiger partial charge in [-0.2, -0.15) is 0 Å². The molecule has 2 N–H and O–H groups in total. The highest BCUT2D eigenvalue weighted by Gasteiger charge is 2.49. The predicted molar refractivity (Wildman–Crippen MR) is 118 cm³/mol. The number of ether oxygens (including phenoxy) is 1. The monoisotopic (exact) mass is 395 g/mol. The van der Waals surface area contributed by atoms with Gasteiger partial charge in [0, 0.05) is 32.7 Å². The maximum atomic E-state index is 12.9. The van der Waals surface area contributed by atoms with Crippen molar-refractivity contribution in [3.63, 3.8) is 0 Å². The minimum Gasteiger partial charge on any atom is -0.495 e. The highest BCUT2D eigenvalue weighted by atomic mass is 16.5. The van der Waals surface area contributed by atoms with Gasteiger partial charge in [-0.15, -0.1) is 0 Å². The SMILES string of the molecule is COc1ccccc1N1CCN(CC(C(N)=O)(c2ccccc2)C(C)(C)C)CC1. The standard InChI is InChI=1S/C24H33N3O2/c1-23(2,3)24(22(25)28,19-10-6-5-7-11-19)18-26-14-16-27(17-15-26)20-12-8-9-13-21(20)29-4/h5-13H,14-18H2,1-4H3,(H2,25,28). The molecule has 156 valence electrons. The Morgan fingerprint density at radius 2 is 1.55 bits per heavy atom. The average Bonchev–Trinajstić information content (AvgIpc) is 2.72. The number of piperazine rings is 1. The summed E-state index contributed by atoms with van der Waals surface area (Å²) in [7, 11) is 1.71. The van der Waals surface area contributed by atoms with E-state index in [2.05, 4.69) is 36.6 Å². The van der Waals surface area contributed by atoms with Gasteiger partial charge in [0.15, 0.2) is 0 Å². The van der Waals surface area contributed by atoms with Crippen molar-refractivity contribution in [3.8, 4) is 5.75 Å². The van der Waals surface area contributed by atoms with Gasteiger partial charge in [0.25, 0.3) is 0 Å². The lowest BCUT2D eigenvalue weighted by atomic mass is 9.61. The molecule has 3 rings (SSSR count). The van der Waals surface area contributed by atoms with E-state index in [0.29, 0.717) is 6.54 Å². The van der Waals surface area contributed by atoms with Gasteiger partial charge >= 0.3 is 0 Å². The second-order valence-electron chi connectivity index (χ2n) is 8.82. The number of carbonyl (C=O) groups is 1. The summed E-state index contributed by atoms with van der Waals surface area (Å²) in [5.41, 5.74) is 7.13. The zero-order chi connectivity index (χ0) is 21.1. The van der Waals surface area contributed by atoms with Crippen LogP contribution in [0.5, 0.6) is 5.75 Å². The van der Waals surface area contributed by atoms with Crippen molar-refractivity contribution < 1.29 is 9.53 Å². The Kier molecular flexibility index (Phi) is 6.18. The number of hydrogen-bond donors (Lipinski definition) is 1. The summed E-state index contributed by atoms with van der Waals surface area (Å²) in [6.07, 6.45) is 0. The van der Waals surface area contributed by atoms with E-state index in [4.69, 9.17) is 10.5 Å². The van der Waals surface area contributed by atoms with Crippen LogP contribution in [0.25, 0.3) is 0 Å². The highest BCUT2D eigenvalue weighted by Crippen LogP contribution is 2.42. The Hall–Kier alpha value is -2.53. The highest BCUT2D eigenvalue weighted by molar-refractivity contribution is 5.88. The van der Waals surface area contributed by atoms with Crippen LogP contribution in [0.2, 0.25) is 0 Å². The molecule has 1 saturated heterocycles. The minimum atomic E-state index is -0.749. The molecule has 0 bridgehead atoms. The molecule has 0 aromatic heterocycles. The third-order valence-corrected chi connectivity index (χ3v) is 6.23. The van der Waals surface area contributed by atoms with Gasteiger partial charge in [-0.25, -0.2) is 0 Å². The second kappa shape index (κ2) is 8.46. The number of anilines is 1. The lowest BCUT2D eigenvalue weighted by Gasteiger charge is -2.47. The molecule has 5 nitrogen and oxygen atoms in total. The molecule has 1 amide bonds. The van der Waals surface area contributed by atoms with Crippen molar-refractivity contribution in [1.82, 2.24) is 4.90 Å². The zero-order valence-corrected chi connectivity index (χ0v) is 18.0. The summed E-state index contributed by atoms with van der Waals surface area (Å²) in [5.74, 6) is 0.634. The summed E-state index contributed by atoms with van der Waals surface area (Å²) < 4.78 is 5.52. The largest absolute Gasteiger partial charge is 0.495 e. The number of carbonyl (C=O) groups excluding carboxylic acids is 1.